The maximum absolute atomic E-state index is 6.11. The van der Waals surface area contributed by atoms with Gasteiger partial charge in [0.1, 0.15) is 0 Å². The molecule has 1 aromatic carbocycles. The lowest BCUT2D eigenvalue weighted by Gasteiger charge is -2.35. The molecule has 3 rings (SSSR count). The SMILES string of the molecule is COCC1(CN=C(N)Nc2ccc3c(c2)OCCCO3)CCCCC1.I. The van der Waals surface area contributed by atoms with Crippen molar-refractivity contribution in [3.8, 4) is 11.5 Å². The first-order chi connectivity index (χ1) is 12.2. The van der Waals surface area contributed by atoms with E-state index in [0.29, 0.717) is 25.7 Å². The molecule has 2 aliphatic rings. The second-order valence-electron chi connectivity index (χ2n) is 7.03. The van der Waals surface area contributed by atoms with E-state index in [1.165, 1.54) is 19.3 Å². The minimum atomic E-state index is 0. The van der Waals surface area contributed by atoms with Gasteiger partial charge < -0.3 is 25.3 Å². The van der Waals surface area contributed by atoms with Crippen LogP contribution in [0.15, 0.2) is 23.2 Å². The standard InChI is InChI=1S/C19H29N3O3.HI/c1-23-14-19(8-3-2-4-9-19)13-21-18(20)22-15-6-7-16-17(12-15)25-11-5-10-24-16;/h6-7,12H,2-5,8-11,13-14H2,1H3,(H3,20,21,22);1H. The van der Waals surface area contributed by atoms with Gasteiger partial charge in [0.25, 0.3) is 0 Å². The van der Waals surface area contributed by atoms with E-state index in [2.05, 4.69) is 10.3 Å². The summed E-state index contributed by atoms with van der Waals surface area (Å²) in [4.78, 5) is 4.60. The van der Waals surface area contributed by atoms with E-state index in [1.54, 1.807) is 7.11 Å². The molecule has 26 heavy (non-hydrogen) atoms. The fraction of sp³-hybridized carbons (Fsp3) is 0.632. The van der Waals surface area contributed by atoms with E-state index in [4.69, 9.17) is 19.9 Å². The van der Waals surface area contributed by atoms with Crippen molar-refractivity contribution in [2.45, 2.75) is 38.5 Å². The molecule has 1 fully saturated rings. The highest BCUT2D eigenvalue weighted by molar-refractivity contribution is 14.0. The van der Waals surface area contributed by atoms with Crippen LogP contribution in [0.25, 0.3) is 0 Å². The summed E-state index contributed by atoms with van der Waals surface area (Å²) < 4.78 is 16.8. The molecule has 0 unspecified atom stereocenters. The topological polar surface area (TPSA) is 78.1 Å². The number of hydrogen-bond donors (Lipinski definition) is 2. The second kappa shape index (κ2) is 10.2. The third kappa shape index (κ3) is 5.64. The van der Waals surface area contributed by atoms with Gasteiger partial charge in [-0.3, -0.25) is 4.99 Å². The number of ether oxygens (including phenoxy) is 3. The van der Waals surface area contributed by atoms with Crippen LogP contribution in [0.2, 0.25) is 0 Å². The van der Waals surface area contributed by atoms with Gasteiger partial charge in [0.2, 0.25) is 0 Å². The van der Waals surface area contributed by atoms with Crippen molar-refractivity contribution in [2.75, 3.05) is 38.8 Å². The predicted octanol–water partition coefficient (Wildman–Crippen LogP) is 3.79. The van der Waals surface area contributed by atoms with Gasteiger partial charge in [0.15, 0.2) is 17.5 Å². The Morgan fingerprint density at radius 3 is 2.62 bits per heavy atom. The quantitative estimate of drug-likeness (QED) is 0.385. The van der Waals surface area contributed by atoms with Crippen molar-refractivity contribution < 1.29 is 14.2 Å². The van der Waals surface area contributed by atoms with E-state index < -0.39 is 0 Å². The first kappa shape index (κ1) is 21.1. The number of nitrogens with two attached hydrogens (primary N) is 1. The molecule has 0 atom stereocenters. The lowest BCUT2D eigenvalue weighted by molar-refractivity contribution is 0.0555. The Hall–Kier alpha value is -1.22. The smallest absolute Gasteiger partial charge is 0.193 e. The number of benzene rings is 1. The summed E-state index contributed by atoms with van der Waals surface area (Å²) in [6, 6.07) is 5.75. The highest BCUT2D eigenvalue weighted by Crippen LogP contribution is 2.37. The van der Waals surface area contributed by atoms with Gasteiger partial charge in [0, 0.05) is 30.7 Å². The van der Waals surface area contributed by atoms with E-state index in [0.717, 1.165) is 43.1 Å². The number of guanidine groups is 1. The summed E-state index contributed by atoms with van der Waals surface area (Å²) in [5.41, 5.74) is 7.10. The third-order valence-corrected chi connectivity index (χ3v) is 4.97. The van der Waals surface area contributed by atoms with Crippen molar-refractivity contribution in [1.82, 2.24) is 0 Å². The molecule has 0 aromatic heterocycles. The maximum Gasteiger partial charge on any atom is 0.193 e. The van der Waals surface area contributed by atoms with Gasteiger partial charge in [-0.25, -0.2) is 0 Å². The molecule has 1 aromatic rings. The summed E-state index contributed by atoms with van der Waals surface area (Å²) in [7, 11) is 1.76. The Morgan fingerprint density at radius 2 is 1.88 bits per heavy atom. The van der Waals surface area contributed by atoms with E-state index in [1.807, 2.05) is 18.2 Å². The Labute approximate surface area is 172 Å². The number of halogens is 1. The fourth-order valence-electron chi connectivity index (χ4n) is 3.64. The molecule has 0 bridgehead atoms. The molecular weight excluding hydrogens is 445 g/mol. The molecule has 1 saturated carbocycles. The molecular formula is C19H30IN3O3. The minimum absolute atomic E-state index is 0. The van der Waals surface area contributed by atoms with Gasteiger partial charge in [-0.1, -0.05) is 19.3 Å². The Bertz CT molecular complexity index is 598. The lowest BCUT2D eigenvalue weighted by Crippen LogP contribution is -2.34. The molecule has 1 heterocycles. The van der Waals surface area contributed by atoms with E-state index >= 15 is 0 Å². The molecule has 0 spiro atoms. The maximum atomic E-state index is 6.11. The molecule has 0 saturated heterocycles. The number of nitrogens with zero attached hydrogens (tertiary/aromatic N) is 1. The molecule has 1 aliphatic carbocycles. The largest absolute Gasteiger partial charge is 0.490 e. The van der Waals surface area contributed by atoms with Crippen LogP contribution in [0.4, 0.5) is 5.69 Å². The number of fused-ring (bicyclic) bond motifs is 1. The molecule has 0 radical (unpaired) electrons. The zero-order chi connectivity index (χ0) is 17.5. The minimum Gasteiger partial charge on any atom is -0.490 e. The Morgan fingerprint density at radius 1 is 1.15 bits per heavy atom. The van der Waals surface area contributed by atoms with Crippen molar-refractivity contribution in [1.29, 1.82) is 0 Å². The summed E-state index contributed by atoms with van der Waals surface area (Å²) in [6.45, 7) is 2.79. The van der Waals surface area contributed by atoms with Crippen LogP contribution in [0.1, 0.15) is 38.5 Å². The van der Waals surface area contributed by atoms with Gasteiger partial charge in [-0.15, -0.1) is 24.0 Å². The predicted molar refractivity (Wildman–Crippen MR) is 115 cm³/mol. The molecule has 1 aliphatic heterocycles. The van der Waals surface area contributed by atoms with Crippen LogP contribution in [-0.2, 0) is 4.74 Å². The summed E-state index contributed by atoms with van der Waals surface area (Å²) in [5.74, 6) is 1.95. The molecule has 146 valence electrons. The average Bonchev–Trinajstić information content (AvgIpc) is 2.86. The summed E-state index contributed by atoms with van der Waals surface area (Å²) in [6.07, 6.45) is 6.99. The molecule has 7 heteroatoms. The van der Waals surface area contributed by atoms with Gasteiger partial charge in [-0.2, -0.15) is 0 Å². The number of aliphatic imine (C=N–C) groups is 1. The van der Waals surface area contributed by atoms with Crippen LogP contribution < -0.4 is 20.5 Å². The summed E-state index contributed by atoms with van der Waals surface area (Å²) in [5, 5.41) is 3.16. The van der Waals surface area contributed by atoms with Gasteiger partial charge >= 0.3 is 0 Å². The Kier molecular flexibility index (Phi) is 8.27. The van der Waals surface area contributed by atoms with Crippen LogP contribution in [0.3, 0.4) is 0 Å². The van der Waals surface area contributed by atoms with Gasteiger partial charge in [-0.05, 0) is 25.0 Å². The number of hydrogen-bond acceptors (Lipinski definition) is 4. The van der Waals surface area contributed by atoms with Crippen LogP contribution in [-0.4, -0.2) is 39.4 Å². The Balaban J connectivity index is 0.00000243. The van der Waals surface area contributed by atoms with Crippen LogP contribution >= 0.6 is 24.0 Å². The van der Waals surface area contributed by atoms with Crippen molar-refractivity contribution >= 4 is 35.6 Å². The van der Waals surface area contributed by atoms with Crippen LogP contribution in [0.5, 0.6) is 11.5 Å². The highest BCUT2D eigenvalue weighted by atomic mass is 127. The van der Waals surface area contributed by atoms with E-state index in [9.17, 15) is 0 Å². The number of rotatable bonds is 5. The summed E-state index contributed by atoms with van der Waals surface area (Å²) >= 11 is 0. The van der Waals surface area contributed by atoms with Crippen molar-refractivity contribution in [3.63, 3.8) is 0 Å². The normalized spacial score (nSPS) is 19.2. The lowest BCUT2D eigenvalue weighted by atomic mass is 9.75. The zero-order valence-corrected chi connectivity index (χ0v) is 17.8. The number of methoxy groups -OCH3 is 1. The first-order valence-electron chi connectivity index (χ1n) is 9.16. The van der Waals surface area contributed by atoms with Crippen molar-refractivity contribution in [2.24, 2.45) is 16.1 Å². The van der Waals surface area contributed by atoms with Gasteiger partial charge in [0.05, 0.1) is 26.4 Å². The fourth-order valence-corrected chi connectivity index (χ4v) is 3.64. The average molecular weight is 475 g/mol. The van der Waals surface area contributed by atoms with Crippen LogP contribution in [0, 0.1) is 5.41 Å². The molecule has 6 nitrogen and oxygen atoms in total. The first-order valence-corrected chi connectivity index (χ1v) is 9.16. The van der Waals surface area contributed by atoms with E-state index in [-0.39, 0.29) is 29.4 Å². The highest BCUT2D eigenvalue weighted by Gasteiger charge is 2.31. The molecule has 0 amide bonds. The monoisotopic (exact) mass is 475 g/mol. The van der Waals surface area contributed by atoms with Crippen molar-refractivity contribution in [3.05, 3.63) is 18.2 Å². The number of anilines is 1. The molecule has 3 N–H and O–H groups in total. The zero-order valence-electron chi connectivity index (χ0n) is 15.5. The third-order valence-electron chi connectivity index (χ3n) is 4.97. The number of nitrogens with one attached hydrogen (secondary N) is 1. The second-order valence-corrected chi connectivity index (χ2v) is 7.03.